The van der Waals surface area contributed by atoms with E-state index in [9.17, 15) is 9.90 Å². The fourth-order valence-corrected chi connectivity index (χ4v) is 2.46. The van der Waals surface area contributed by atoms with E-state index >= 15 is 0 Å². The van der Waals surface area contributed by atoms with Crippen molar-refractivity contribution in [1.82, 2.24) is 0 Å². The number of fused-ring (bicyclic) bond motifs is 1. The van der Waals surface area contributed by atoms with Crippen molar-refractivity contribution in [3.05, 3.63) is 28.6 Å². The zero-order valence-corrected chi connectivity index (χ0v) is 8.26. The molecule has 0 spiro atoms. The molecule has 2 aromatic rings. The summed E-state index contributed by atoms with van der Waals surface area (Å²) in [5.41, 5.74) is 1.15. The van der Waals surface area contributed by atoms with Crippen LogP contribution in [-0.4, -0.2) is 16.2 Å². The van der Waals surface area contributed by atoms with Crippen LogP contribution in [0.3, 0.4) is 0 Å². The Bertz CT molecular complexity index is 513. The van der Waals surface area contributed by atoms with Crippen LogP contribution in [0, 0.1) is 6.92 Å². The molecule has 72 valence electrons. The van der Waals surface area contributed by atoms with Crippen LogP contribution in [0.4, 0.5) is 0 Å². The molecule has 0 aliphatic carbocycles. The summed E-state index contributed by atoms with van der Waals surface area (Å²) < 4.78 is 0.836. The Labute approximate surface area is 84.2 Å². The molecular formula is C10H8O3S. The van der Waals surface area contributed by atoms with Gasteiger partial charge in [-0.2, -0.15) is 0 Å². The van der Waals surface area contributed by atoms with Crippen molar-refractivity contribution in [2.45, 2.75) is 6.92 Å². The number of aryl methyl sites for hydroxylation is 1. The zero-order chi connectivity index (χ0) is 10.3. The van der Waals surface area contributed by atoms with E-state index in [1.165, 1.54) is 17.4 Å². The number of phenols is 1. The Hall–Kier alpha value is -1.55. The molecular weight excluding hydrogens is 200 g/mol. The largest absolute Gasteiger partial charge is 0.507 e. The van der Waals surface area contributed by atoms with Crippen LogP contribution in [0.25, 0.3) is 10.1 Å². The number of carbonyl (C=O) groups is 1. The minimum Gasteiger partial charge on any atom is -0.507 e. The summed E-state index contributed by atoms with van der Waals surface area (Å²) in [6.45, 7) is 1.89. The van der Waals surface area contributed by atoms with Gasteiger partial charge in [-0.25, -0.2) is 4.79 Å². The molecule has 2 rings (SSSR count). The summed E-state index contributed by atoms with van der Waals surface area (Å²) >= 11 is 1.34. The summed E-state index contributed by atoms with van der Waals surface area (Å²) in [6, 6.07) is 3.30. The minimum atomic E-state index is -1.00. The second-order valence-electron chi connectivity index (χ2n) is 3.06. The highest BCUT2D eigenvalue weighted by atomic mass is 32.1. The predicted molar refractivity (Wildman–Crippen MR) is 55.2 cm³/mol. The van der Waals surface area contributed by atoms with Crippen LogP contribution >= 0.6 is 11.3 Å². The van der Waals surface area contributed by atoms with Crippen molar-refractivity contribution in [2.75, 3.05) is 0 Å². The van der Waals surface area contributed by atoms with Crippen LogP contribution in [0.1, 0.15) is 15.9 Å². The molecule has 14 heavy (non-hydrogen) atoms. The van der Waals surface area contributed by atoms with Crippen LogP contribution in [0.5, 0.6) is 5.75 Å². The first kappa shape index (κ1) is 9.02. The van der Waals surface area contributed by atoms with Crippen molar-refractivity contribution in [2.24, 2.45) is 0 Å². The summed E-state index contributed by atoms with van der Waals surface area (Å²) in [6.07, 6.45) is 0. The molecule has 0 radical (unpaired) electrons. The molecule has 1 aromatic heterocycles. The number of aromatic carboxylic acids is 1. The maximum Gasteiger partial charge on any atom is 0.337 e. The summed E-state index contributed by atoms with van der Waals surface area (Å²) in [5.74, 6) is -0.971. The third-order valence-corrected chi connectivity index (χ3v) is 3.24. The van der Waals surface area contributed by atoms with Gasteiger partial charge in [-0.1, -0.05) is 6.07 Å². The molecule has 0 unspecified atom stereocenters. The van der Waals surface area contributed by atoms with Gasteiger partial charge in [0.05, 0.1) is 5.56 Å². The lowest BCUT2D eigenvalue weighted by atomic mass is 10.1. The normalized spacial score (nSPS) is 10.6. The average molecular weight is 208 g/mol. The SMILES string of the molecule is Cc1ccc(O)c2c(C(=O)O)csc12. The van der Waals surface area contributed by atoms with E-state index in [0.29, 0.717) is 5.39 Å². The van der Waals surface area contributed by atoms with Gasteiger partial charge in [0.1, 0.15) is 5.75 Å². The van der Waals surface area contributed by atoms with Crippen molar-refractivity contribution in [1.29, 1.82) is 0 Å². The fraction of sp³-hybridized carbons (Fsp3) is 0.100. The lowest BCUT2D eigenvalue weighted by Gasteiger charge is -1.99. The quantitative estimate of drug-likeness (QED) is 0.757. The monoisotopic (exact) mass is 208 g/mol. The van der Waals surface area contributed by atoms with Gasteiger partial charge < -0.3 is 10.2 Å². The number of aromatic hydroxyl groups is 1. The molecule has 0 atom stereocenters. The van der Waals surface area contributed by atoms with Crippen LogP contribution in [0.15, 0.2) is 17.5 Å². The number of rotatable bonds is 1. The predicted octanol–water partition coefficient (Wildman–Crippen LogP) is 2.61. The second kappa shape index (κ2) is 2.99. The Balaban J connectivity index is 2.90. The van der Waals surface area contributed by atoms with Gasteiger partial charge in [0, 0.05) is 15.5 Å². The first-order chi connectivity index (χ1) is 6.61. The van der Waals surface area contributed by atoms with E-state index in [-0.39, 0.29) is 11.3 Å². The van der Waals surface area contributed by atoms with Crippen molar-refractivity contribution in [3.63, 3.8) is 0 Å². The number of thiophene rings is 1. The smallest absolute Gasteiger partial charge is 0.337 e. The van der Waals surface area contributed by atoms with Gasteiger partial charge >= 0.3 is 5.97 Å². The topological polar surface area (TPSA) is 57.5 Å². The van der Waals surface area contributed by atoms with Crippen molar-refractivity contribution in [3.8, 4) is 5.75 Å². The van der Waals surface area contributed by atoms with E-state index in [1.54, 1.807) is 11.4 Å². The number of phenolic OH excluding ortho intramolecular Hbond substituents is 1. The van der Waals surface area contributed by atoms with Gasteiger partial charge in [0.2, 0.25) is 0 Å². The van der Waals surface area contributed by atoms with Gasteiger partial charge in [-0.05, 0) is 18.6 Å². The molecule has 0 saturated carbocycles. The van der Waals surface area contributed by atoms with Gasteiger partial charge in [0.25, 0.3) is 0 Å². The van der Waals surface area contributed by atoms with Gasteiger partial charge in [-0.15, -0.1) is 11.3 Å². The molecule has 0 saturated heterocycles. The Kier molecular flexibility index (Phi) is 1.93. The fourth-order valence-electron chi connectivity index (χ4n) is 1.42. The number of carboxylic acids is 1. The maximum atomic E-state index is 10.8. The van der Waals surface area contributed by atoms with Gasteiger partial charge in [0.15, 0.2) is 0 Å². The molecule has 0 bridgehead atoms. The first-order valence-electron chi connectivity index (χ1n) is 4.04. The molecule has 0 fully saturated rings. The standard InChI is InChI=1S/C10H8O3S/c1-5-2-3-7(11)8-6(10(12)13)4-14-9(5)8/h2-4,11H,1H3,(H,12,13). The van der Waals surface area contributed by atoms with Crippen LogP contribution < -0.4 is 0 Å². The zero-order valence-electron chi connectivity index (χ0n) is 7.44. The molecule has 1 heterocycles. The molecule has 1 aromatic carbocycles. The first-order valence-corrected chi connectivity index (χ1v) is 4.92. The Morgan fingerprint density at radius 1 is 1.43 bits per heavy atom. The van der Waals surface area contributed by atoms with E-state index in [1.807, 2.05) is 6.92 Å². The van der Waals surface area contributed by atoms with Gasteiger partial charge in [-0.3, -0.25) is 0 Å². The third-order valence-electron chi connectivity index (χ3n) is 2.13. The van der Waals surface area contributed by atoms with E-state index in [4.69, 9.17) is 5.11 Å². The van der Waals surface area contributed by atoms with E-state index < -0.39 is 5.97 Å². The highest BCUT2D eigenvalue weighted by Crippen LogP contribution is 2.35. The molecule has 4 heteroatoms. The van der Waals surface area contributed by atoms with Crippen molar-refractivity contribution >= 4 is 27.4 Å². The lowest BCUT2D eigenvalue weighted by molar-refractivity contribution is 0.0699. The minimum absolute atomic E-state index is 0.0317. The maximum absolute atomic E-state index is 10.8. The molecule has 0 amide bonds. The molecule has 2 N–H and O–H groups in total. The lowest BCUT2D eigenvalue weighted by Crippen LogP contribution is -1.93. The number of hydrogen-bond acceptors (Lipinski definition) is 3. The molecule has 3 nitrogen and oxygen atoms in total. The van der Waals surface area contributed by atoms with E-state index in [0.717, 1.165) is 10.3 Å². The highest BCUT2D eigenvalue weighted by Gasteiger charge is 2.15. The number of benzene rings is 1. The third kappa shape index (κ3) is 1.15. The summed E-state index contributed by atoms with van der Waals surface area (Å²) in [5, 5.41) is 20.4. The Morgan fingerprint density at radius 2 is 2.14 bits per heavy atom. The number of hydrogen-bond donors (Lipinski definition) is 2. The van der Waals surface area contributed by atoms with Crippen molar-refractivity contribution < 1.29 is 15.0 Å². The summed E-state index contributed by atoms with van der Waals surface area (Å²) in [4.78, 5) is 10.8. The van der Waals surface area contributed by atoms with Crippen LogP contribution in [-0.2, 0) is 0 Å². The molecule has 0 aliphatic rings. The van der Waals surface area contributed by atoms with E-state index in [2.05, 4.69) is 0 Å². The number of carboxylic acid groups (broad SMARTS) is 1. The van der Waals surface area contributed by atoms with Crippen LogP contribution in [0.2, 0.25) is 0 Å². The second-order valence-corrected chi connectivity index (χ2v) is 3.94. The highest BCUT2D eigenvalue weighted by molar-refractivity contribution is 7.17. The summed E-state index contributed by atoms with van der Waals surface area (Å²) in [7, 11) is 0. The average Bonchev–Trinajstić information content (AvgIpc) is 2.56. The Morgan fingerprint density at radius 3 is 2.79 bits per heavy atom. The molecule has 0 aliphatic heterocycles.